The summed E-state index contributed by atoms with van der Waals surface area (Å²) >= 11 is 0. The molecule has 2 aliphatic rings. The van der Waals surface area contributed by atoms with Crippen molar-refractivity contribution in [3.63, 3.8) is 0 Å². The van der Waals surface area contributed by atoms with Crippen molar-refractivity contribution in [3.05, 3.63) is 46.8 Å². The van der Waals surface area contributed by atoms with Crippen LogP contribution < -0.4 is 4.90 Å². The summed E-state index contributed by atoms with van der Waals surface area (Å²) in [6, 6.07) is 6.91. The van der Waals surface area contributed by atoms with Crippen LogP contribution in [0.25, 0.3) is 0 Å². The van der Waals surface area contributed by atoms with Gasteiger partial charge in [0.1, 0.15) is 0 Å². The molecular formula is C20H26N2O. The zero-order chi connectivity index (χ0) is 16.8. The minimum Gasteiger partial charge on any atom is -0.359 e. The number of aryl methyl sites for hydroxylation is 1. The van der Waals surface area contributed by atoms with Gasteiger partial charge in [0.05, 0.1) is 17.8 Å². The SMILES string of the molecule is Cc1cccc2c1N1C(C)c3oncc3C1(C)C(C)(C)C2(C)C. The van der Waals surface area contributed by atoms with E-state index in [1.807, 2.05) is 6.20 Å². The minimum atomic E-state index is -0.135. The van der Waals surface area contributed by atoms with Gasteiger partial charge in [0.25, 0.3) is 0 Å². The van der Waals surface area contributed by atoms with E-state index in [2.05, 4.69) is 76.7 Å². The lowest BCUT2D eigenvalue weighted by atomic mass is 9.51. The van der Waals surface area contributed by atoms with Crippen LogP contribution in [0.3, 0.4) is 0 Å². The number of fused-ring (bicyclic) bond motifs is 5. The maximum atomic E-state index is 5.67. The van der Waals surface area contributed by atoms with Crippen molar-refractivity contribution in [1.29, 1.82) is 0 Å². The molecule has 3 heteroatoms. The van der Waals surface area contributed by atoms with Crippen molar-refractivity contribution in [3.8, 4) is 0 Å². The molecule has 23 heavy (non-hydrogen) atoms. The molecule has 2 aliphatic heterocycles. The van der Waals surface area contributed by atoms with Gasteiger partial charge in [-0.25, -0.2) is 0 Å². The molecule has 0 saturated heterocycles. The second kappa shape index (κ2) is 4.00. The average Bonchev–Trinajstić information content (AvgIpc) is 3.03. The number of hydrogen-bond donors (Lipinski definition) is 0. The number of aromatic nitrogens is 1. The van der Waals surface area contributed by atoms with Gasteiger partial charge in [0.15, 0.2) is 5.76 Å². The Kier molecular flexibility index (Phi) is 2.58. The molecule has 0 amide bonds. The van der Waals surface area contributed by atoms with E-state index >= 15 is 0 Å². The van der Waals surface area contributed by atoms with Gasteiger partial charge in [0, 0.05) is 16.7 Å². The Morgan fingerprint density at radius 3 is 2.48 bits per heavy atom. The van der Waals surface area contributed by atoms with Crippen LogP contribution in [0.4, 0.5) is 5.69 Å². The van der Waals surface area contributed by atoms with E-state index in [4.69, 9.17) is 4.52 Å². The van der Waals surface area contributed by atoms with Gasteiger partial charge >= 0.3 is 0 Å². The zero-order valence-corrected chi connectivity index (χ0v) is 15.2. The Morgan fingerprint density at radius 1 is 1.09 bits per heavy atom. The van der Waals surface area contributed by atoms with Gasteiger partial charge in [-0.1, -0.05) is 51.1 Å². The summed E-state index contributed by atoms with van der Waals surface area (Å²) in [5.74, 6) is 1.02. The van der Waals surface area contributed by atoms with Crippen molar-refractivity contribution in [2.75, 3.05) is 4.90 Å². The van der Waals surface area contributed by atoms with Gasteiger partial charge in [-0.05, 0) is 37.3 Å². The number of nitrogens with zero attached hydrogens (tertiary/aromatic N) is 2. The van der Waals surface area contributed by atoms with Crippen LogP contribution in [0, 0.1) is 12.3 Å². The fraction of sp³-hybridized carbons (Fsp3) is 0.550. The summed E-state index contributed by atoms with van der Waals surface area (Å²) in [6.45, 7) is 16.4. The van der Waals surface area contributed by atoms with Crippen LogP contribution in [0.2, 0.25) is 0 Å². The smallest absolute Gasteiger partial charge is 0.164 e. The van der Waals surface area contributed by atoms with Crippen LogP contribution in [-0.2, 0) is 11.0 Å². The standard InChI is InChI=1S/C20H26N2O/c1-12-9-8-10-14-16(12)22-13(2)17-15(11-21-23-17)20(22,7)19(5,6)18(14,3)4/h8-11,13H,1-7H3. The van der Waals surface area contributed by atoms with E-state index in [-0.39, 0.29) is 22.4 Å². The maximum Gasteiger partial charge on any atom is 0.164 e. The second-order valence-electron chi connectivity index (χ2n) is 8.44. The van der Waals surface area contributed by atoms with Crippen molar-refractivity contribution in [2.45, 2.75) is 65.5 Å². The Labute approximate surface area is 138 Å². The molecule has 2 unspecified atom stereocenters. The molecule has 4 rings (SSSR count). The van der Waals surface area contributed by atoms with E-state index in [0.29, 0.717) is 0 Å². The third-order valence-corrected chi connectivity index (χ3v) is 7.30. The molecule has 0 fully saturated rings. The molecule has 0 radical (unpaired) electrons. The van der Waals surface area contributed by atoms with Gasteiger partial charge in [-0.3, -0.25) is 0 Å². The van der Waals surface area contributed by atoms with Crippen molar-refractivity contribution in [1.82, 2.24) is 5.16 Å². The monoisotopic (exact) mass is 310 g/mol. The summed E-state index contributed by atoms with van der Waals surface area (Å²) in [7, 11) is 0. The number of anilines is 1. The predicted molar refractivity (Wildman–Crippen MR) is 92.7 cm³/mol. The molecule has 1 aromatic heterocycles. The number of rotatable bonds is 0. The average molecular weight is 310 g/mol. The first-order chi connectivity index (χ1) is 10.7. The second-order valence-corrected chi connectivity index (χ2v) is 8.44. The topological polar surface area (TPSA) is 29.3 Å². The first-order valence-corrected chi connectivity index (χ1v) is 8.50. The third kappa shape index (κ3) is 1.36. The Balaban J connectivity index is 2.15. The Morgan fingerprint density at radius 2 is 1.78 bits per heavy atom. The first-order valence-electron chi connectivity index (χ1n) is 8.50. The zero-order valence-electron chi connectivity index (χ0n) is 15.2. The lowest BCUT2D eigenvalue weighted by Gasteiger charge is -2.62. The Bertz CT molecular complexity index is 802. The van der Waals surface area contributed by atoms with Gasteiger partial charge in [0.2, 0.25) is 0 Å². The fourth-order valence-corrected chi connectivity index (χ4v) is 5.03. The molecule has 3 heterocycles. The Hall–Kier alpha value is -1.77. The number of hydrogen-bond acceptors (Lipinski definition) is 3. The van der Waals surface area contributed by atoms with Crippen LogP contribution >= 0.6 is 0 Å². The van der Waals surface area contributed by atoms with Crippen LogP contribution in [0.5, 0.6) is 0 Å². The highest BCUT2D eigenvalue weighted by atomic mass is 16.5. The molecular weight excluding hydrogens is 284 g/mol. The molecule has 0 spiro atoms. The lowest BCUT2D eigenvalue weighted by molar-refractivity contribution is 0.0647. The summed E-state index contributed by atoms with van der Waals surface area (Å²) < 4.78 is 5.67. The third-order valence-electron chi connectivity index (χ3n) is 7.30. The highest BCUT2D eigenvalue weighted by molar-refractivity contribution is 5.71. The quantitative estimate of drug-likeness (QED) is 0.678. The van der Waals surface area contributed by atoms with Gasteiger partial charge < -0.3 is 9.42 Å². The van der Waals surface area contributed by atoms with Crippen LogP contribution in [-0.4, -0.2) is 5.16 Å². The molecule has 0 aliphatic carbocycles. The van der Waals surface area contributed by atoms with Crippen molar-refractivity contribution in [2.24, 2.45) is 5.41 Å². The first kappa shape index (κ1) is 14.8. The van der Waals surface area contributed by atoms with E-state index in [1.165, 1.54) is 22.4 Å². The normalized spacial score (nSPS) is 29.9. The van der Waals surface area contributed by atoms with E-state index < -0.39 is 0 Å². The fourth-order valence-electron chi connectivity index (χ4n) is 5.03. The maximum absolute atomic E-state index is 5.67. The summed E-state index contributed by atoms with van der Waals surface area (Å²) in [6.07, 6.45) is 1.94. The summed E-state index contributed by atoms with van der Waals surface area (Å²) in [5, 5.41) is 4.12. The summed E-state index contributed by atoms with van der Waals surface area (Å²) in [5.41, 5.74) is 5.32. The highest BCUT2D eigenvalue weighted by Crippen LogP contribution is 2.67. The van der Waals surface area contributed by atoms with E-state index in [9.17, 15) is 0 Å². The number of para-hydroxylation sites is 1. The summed E-state index contributed by atoms with van der Waals surface area (Å²) in [4.78, 5) is 2.58. The molecule has 2 aromatic rings. The predicted octanol–water partition coefficient (Wildman–Crippen LogP) is 5.10. The van der Waals surface area contributed by atoms with Gasteiger partial charge in [-0.2, -0.15) is 0 Å². The van der Waals surface area contributed by atoms with E-state index in [0.717, 1.165) is 5.76 Å². The van der Waals surface area contributed by atoms with Crippen molar-refractivity contribution < 1.29 is 4.52 Å². The highest BCUT2D eigenvalue weighted by Gasteiger charge is 2.65. The molecule has 2 atom stereocenters. The molecule has 1 aromatic carbocycles. The van der Waals surface area contributed by atoms with Crippen molar-refractivity contribution >= 4 is 5.69 Å². The van der Waals surface area contributed by atoms with E-state index in [1.54, 1.807) is 0 Å². The van der Waals surface area contributed by atoms with Crippen LogP contribution in [0.1, 0.15) is 70.0 Å². The lowest BCUT2D eigenvalue weighted by Crippen LogP contribution is -2.62. The molecule has 0 saturated carbocycles. The molecule has 122 valence electrons. The van der Waals surface area contributed by atoms with Crippen LogP contribution in [0.15, 0.2) is 28.9 Å². The van der Waals surface area contributed by atoms with Gasteiger partial charge in [-0.15, -0.1) is 0 Å². The number of benzene rings is 1. The minimum absolute atomic E-state index is 0.0197. The molecule has 0 bridgehead atoms. The molecule has 3 nitrogen and oxygen atoms in total. The largest absolute Gasteiger partial charge is 0.359 e. The molecule has 0 N–H and O–H groups in total.